The summed E-state index contributed by atoms with van der Waals surface area (Å²) in [5, 5.41) is 7.81. The molecule has 1 aromatic carbocycles. The van der Waals surface area contributed by atoms with Crippen molar-refractivity contribution in [3.8, 4) is 0 Å². The zero-order valence-corrected chi connectivity index (χ0v) is 14.8. The largest absolute Gasteiger partial charge is 0.348 e. The zero-order chi connectivity index (χ0) is 18.5. The smallest absolute Gasteiger partial charge is 0.257 e. The Balaban J connectivity index is 1.70. The zero-order valence-electron chi connectivity index (χ0n) is 14.0. The molecule has 0 aliphatic rings. The van der Waals surface area contributed by atoms with Gasteiger partial charge in [0.15, 0.2) is 5.13 Å². The van der Waals surface area contributed by atoms with Gasteiger partial charge in [0.05, 0.1) is 12.4 Å². The Bertz CT molecular complexity index is 892. The van der Waals surface area contributed by atoms with E-state index in [1.165, 1.54) is 17.7 Å². The summed E-state index contributed by atoms with van der Waals surface area (Å²) in [6, 6.07) is 4.40. The first-order valence-corrected chi connectivity index (χ1v) is 8.76. The fraction of sp³-hybridized carbons (Fsp3) is 0.176. The molecular formula is C17H18N6O2S. The quantitative estimate of drug-likeness (QED) is 0.527. The van der Waals surface area contributed by atoms with Gasteiger partial charge in [0, 0.05) is 41.1 Å². The second-order valence-electron chi connectivity index (χ2n) is 5.65. The van der Waals surface area contributed by atoms with E-state index in [4.69, 9.17) is 5.73 Å². The van der Waals surface area contributed by atoms with Gasteiger partial charge in [0.1, 0.15) is 0 Å². The molecule has 3 aromatic rings. The minimum Gasteiger partial charge on any atom is -0.348 e. The summed E-state index contributed by atoms with van der Waals surface area (Å²) in [6.07, 6.45) is 5.12. The van der Waals surface area contributed by atoms with E-state index in [0.717, 1.165) is 5.69 Å². The molecule has 134 valence electrons. The molecule has 2 aromatic heterocycles. The molecule has 0 aliphatic carbocycles. The lowest BCUT2D eigenvalue weighted by Crippen LogP contribution is -2.37. The molecule has 2 heterocycles. The van der Waals surface area contributed by atoms with Gasteiger partial charge in [0.2, 0.25) is 5.91 Å². The molecule has 0 fully saturated rings. The van der Waals surface area contributed by atoms with E-state index in [1.54, 1.807) is 42.9 Å². The number of hydrogen-bond donors (Lipinski definition) is 4. The number of thiazole rings is 1. The highest BCUT2D eigenvalue weighted by Crippen LogP contribution is 2.21. The average molecular weight is 370 g/mol. The van der Waals surface area contributed by atoms with E-state index >= 15 is 0 Å². The lowest BCUT2D eigenvalue weighted by Gasteiger charge is -2.15. The molecule has 1 atom stereocenters. The average Bonchev–Trinajstić information content (AvgIpc) is 3.30. The molecule has 8 nitrogen and oxygen atoms in total. The number of aromatic nitrogens is 3. The number of hydrogen-bond acceptors (Lipinski definition) is 6. The molecule has 9 heteroatoms. The topological polar surface area (TPSA) is 126 Å². The maximum Gasteiger partial charge on any atom is 0.257 e. The number of amides is 2. The number of nitrogens with two attached hydrogens (primary N) is 1. The molecule has 0 bridgehead atoms. The highest BCUT2D eigenvalue weighted by Gasteiger charge is 2.18. The van der Waals surface area contributed by atoms with Crippen LogP contribution in [0.1, 0.15) is 21.6 Å². The van der Waals surface area contributed by atoms with Crippen molar-refractivity contribution in [1.82, 2.24) is 15.0 Å². The van der Waals surface area contributed by atoms with Crippen LogP contribution in [0.15, 0.2) is 42.3 Å². The predicted molar refractivity (Wildman–Crippen MR) is 100 cm³/mol. The molecule has 0 spiro atoms. The Morgan fingerprint density at radius 2 is 2.19 bits per heavy atom. The maximum atomic E-state index is 12.4. The SMILES string of the molecule is Cc1c(NC(=O)[C@@H](N)Cc2cnc[nH]2)cccc1C(=O)Nc1nccs1. The number of H-pyrrole nitrogens is 1. The number of nitrogens with one attached hydrogen (secondary N) is 3. The third-order valence-corrected chi connectivity index (χ3v) is 4.51. The molecule has 2 amide bonds. The molecule has 5 N–H and O–H groups in total. The molecule has 0 saturated carbocycles. The van der Waals surface area contributed by atoms with Crippen LogP contribution in [-0.4, -0.2) is 32.8 Å². The monoisotopic (exact) mass is 370 g/mol. The standard InChI is InChI=1S/C17H18N6O2S/c1-10-12(15(24)23-17-20-5-6-26-17)3-2-4-14(10)22-16(25)13(18)7-11-8-19-9-21-11/h2-6,8-9,13H,7,18H2,1H3,(H,19,21)(H,22,25)(H,20,23,24)/t13-/m0/s1. The van der Waals surface area contributed by atoms with E-state index < -0.39 is 6.04 Å². The Kier molecular flexibility index (Phi) is 5.40. The number of carbonyl (C=O) groups excluding carboxylic acids is 2. The normalized spacial score (nSPS) is 11.8. The summed E-state index contributed by atoms with van der Waals surface area (Å²) in [5.74, 6) is -0.615. The minimum absolute atomic E-state index is 0.282. The van der Waals surface area contributed by atoms with Crippen LogP contribution in [-0.2, 0) is 11.2 Å². The van der Waals surface area contributed by atoms with Crippen LogP contribution in [0.4, 0.5) is 10.8 Å². The number of anilines is 2. The number of benzene rings is 1. The van der Waals surface area contributed by atoms with E-state index in [2.05, 4.69) is 25.6 Å². The van der Waals surface area contributed by atoms with Crippen molar-refractivity contribution in [3.05, 3.63) is 59.1 Å². The minimum atomic E-state index is -0.734. The lowest BCUT2D eigenvalue weighted by molar-refractivity contribution is -0.117. The van der Waals surface area contributed by atoms with Gasteiger partial charge in [-0.3, -0.25) is 14.9 Å². The van der Waals surface area contributed by atoms with Crippen LogP contribution in [0.25, 0.3) is 0 Å². The van der Waals surface area contributed by atoms with Crippen molar-refractivity contribution in [1.29, 1.82) is 0 Å². The van der Waals surface area contributed by atoms with Crippen molar-refractivity contribution in [2.24, 2.45) is 5.73 Å². The van der Waals surface area contributed by atoms with Crippen molar-refractivity contribution in [3.63, 3.8) is 0 Å². The second-order valence-corrected chi connectivity index (χ2v) is 6.54. The maximum absolute atomic E-state index is 12.4. The summed E-state index contributed by atoms with van der Waals surface area (Å²) in [7, 11) is 0. The Morgan fingerprint density at radius 3 is 2.88 bits per heavy atom. The van der Waals surface area contributed by atoms with Gasteiger partial charge >= 0.3 is 0 Å². The first kappa shape index (κ1) is 17.8. The summed E-state index contributed by atoms with van der Waals surface area (Å²) >= 11 is 1.33. The summed E-state index contributed by atoms with van der Waals surface area (Å²) in [4.78, 5) is 35.6. The van der Waals surface area contributed by atoms with E-state index in [9.17, 15) is 9.59 Å². The fourth-order valence-electron chi connectivity index (χ4n) is 2.42. The molecule has 0 unspecified atom stereocenters. The number of imidazole rings is 1. The number of rotatable bonds is 6. The fourth-order valence-corrected chi connectivity index (χ4v) is 2.94. The van der Waals surface area contributed by atoms with E-state index in [1.807, 2.05) is 0 Å². The van der Waals surface area contributed by atoms with Gasteiger partial charge in [-0.15, -0.1) is 11.3 Å². The molecule has 3 rings (SSSR count). The van der Waals surface area contributed by atoms with Crippen molar-refractivity contribution >= 4 is 34.0 Å². The molecule has 26 heavy (non-hydrogen) atoms. The van der Waals surface area contributed by atoms with Crippen molar-refractivity contribution in [2.75, 3.05) is 10.6 Å². The predicted octanol–water partition coefficient (Wildman–Crippen LogP) is 1.94. The van der Waals surface area contributed by atoms with E-state index in [-0.39, 0.29) is 11.8 Å². The highest BCUT2D eigenvalue weighted by molar-refractivity contribution is 7.13. The Morgan fingerprint density at radius 1 is 1.35 bits per heavy atom. The molecule has 0 saturated heterocycles. The Hall–Kier alpha value is -3.04. The Labute approximate surface area is 153 Å². The van der Waals surface area contributed by atoms with Gasteiger partial charge in [-0.2, -0.15) is 0 Å². The van der Waals surface area contributed by atoms with Crippen LogP contribution < -0.4 is 16.4 Å². The van der Waals surface area contributed by atoms with Crippen molar-refractivity contribution in [2.45, 2.75) is 19.4 Å². The van der Waals surface area contributed by atoms with Gasteiger partial charge in [-0.05, 0) is 24.6 Å². The molecule has 0 radical (unpaired) electrons. The third kappa shape index (κ3) is 4.13. The van der Waals surface area contributed by atoms with Crippen LogP contribution in [0.2, 0.25) is 0 Å². The van der Waals surface area contributed by atoms with E-state index in [0.29, 0.717) is 28.4 Å². The number of carbonyl (C=O) groups is 2. The first-order valence-electron chi connectivity index (χ1n) is 7.88. The highest BCUT2D eigenvalue weighted by atomic mass is 32.1. The van der Waals surface area contributed by atoms with Gasteiger partial charge < -0.3 is 16.0 Å². The van der Waals surface area contributed by atoms with Crippen molar-refractivity contribution < 1.29 is 9.59 Å². The number of nitrogens with zero attached hydrogens (tertiary/aromatic N) is 2. The van der Waals surface area contributed by atoms with Gasteiger partial charge in [0.25, 0.3) is 5.91 Å². The summed E-state index contributed by atoms with van der Waals surface area (Å²) < 4.78 is 0. The molecule has 0 aliphatic heterocycles. The third-order valence-electron chi connectivity index (χ3n) is 3.82. The van der Waals surface area contributed by atoms with Crippen LogP contribution >= 0.6 is 11.3 Å². The molecular weight excluding hydrogens is 352 g/mol. The van der Waals surface area contributed by atoms with Crippen LogP contribution in [0.3, 0.4) is 0 Å². The lowest BCUT2D eigenvalue weighted by atomic mass is 10.1. The van der Waals surface area contributed by atoms with Crippen LogP contribution in [0.5, 0.6) is 0 Å². The summed E-state index contributed by atoms with van der Waals surface area (Å²) in [6.45, 7) is 1.77. The van der Waals surface area contributed by atoms with Gasteiger partial charge in [-0.1, -0.05) is 6.07 Å². The van der Waals surface area contributed by atoms with Gasteiger partial charge in [-0.25, -0.2) is 9.97 Å². The second kappa shape index (κ2) is 7.89. The van der Waals surface area contributed by atoms with Crippen LogP contribution in [0, 0.1) is 6.92 Å². The number of aromatic amines is 1. The summed E-state index contributed by atoms with van der Waals surface area (Å²) in [5.41, 5.74) is 8.39. The first-order chi connectivity index (χ1) is 12.5.